The van der Waals surface area contributed by atoms with Gasteiger partial charge in [-0.2, -0.15) is 4.98 Å². The molecule has 26 heavy (non-hydrogen) atoms. The standard InChI is InChI=1S/C17H21N7OS/c1-2-5-14(6-3-1)24-17(20-22-23-24)26-12-4-7-15-19-16(21-25-15)13-8-10-18-11-9-13/h8-11,14H,1-7,12H2. The molecule has 3 heterocycles. The van der Waals surface area contributed by atoms with Gasteiger partial charge >= 0.3 is 0 Å². The van der Waals surface area contributed by atoms with E-state index >= 15 is 0 Å². The number of aryl methyl sites for hydroxylation is 1. The molecule has 0 aliphatic heterocycles. The number of hydrogen-bond acceptors (Lipinski definition) is 8. The molecule has 0 atom stereocenters. The average molecular weight is 371 g/mol. The van der Waals surface area contributed by atoms with E-state index in [4.69, 9.17) is 4.52 Å². The van der Waals surface area contributed by atoms with E-state index in [9.17, 15) is 0 Å². The van der Waals surface area contributed by atoms with Crippen molar-refractivity contribution in [1.29, 1.82) is 0 Å². The molecule has 1 fully saturated rings. The van der Waals surface area contributed by atoms with Gasteiger partial charge in [0.2, 0.25) is 16.9 Å². The molecule has 1 aliphatic rings. The molecule has 3 aromatic heterocycles. The van der Waals surface area contributed by atoms with E-state index in [0.717, 1.165) is 29.3 Å². The second-order valence-electron chi connectivity index (χ2n) is 6.40. The quantitative estimate of drug-likeness (QED) is 0.461. The van der Waals surface area contributed by atoms with Crippen LogP contribution >= 0.6 is 11.8 Å². The minimum absolute atomic E-state index is 0.458. The first-order valence-corrected chi connectivity index (χ1v) is 10.0. The van der Waals surface area contributed by atoms with Crippen molar-refractivity contribution in [2.24, 2.45) is 0 Å². The van der Waals surface area contributed by atoms with Gasteiger partial charge in [-0.3, -0.25) is 4.98 Å². The van der Waals surface area contributed by atoms with E-state index in [1.807, 2.05) is 16.8 Å². The summed E-state index contributed by atoms with van der Waals surface area (Å²) in [5, 5.41) is 17.2. The molecular weight excluding hydrogens is 350 g/mol. The summed E-state index contributed by atoms with van der Waals surface area (Å²) in [5.74, 6) is 2.18. The minimum atomic E-state index is 0.458. The molecule has 136 valence electrons. The maximum absolute atomic E-state index is 5.34. The highest BCUT2D eigenvalue weighted by molar-refractivity contribution is 7.99. The predicted octanol–water partition coefficient (Wildman–Crippen LogP) is 3.35. The number of aromatic nitrogens is 7. The molecule has 0 amide bonds. The lowest BCUT2D eigenvalue weighted by molar-refractivity contribution is 0.307. The van der Waals surface area contributed by atoms with Crippen LogP contribution in [0.25, 0.3) is 11.4 Å². The molecule has 0 N–H and O–H groups in total. The van der Waals surface area contributed by atoms with Gasteiger partial charge in [-0.05, 0) is 41.8 Å². The van der Waals surface area contributed by atoms with Crippen LogP contribution in [0.5, 0.6) is 0 Å². The topological polar surface area (TPSA) is 95.4 Å². The van der Waals surface area contributed by atoms with Crippen molar-refractivity contribution in [3.05, 3.63) is 30.4 Å². The molecule has 0 radical (unpaired) electrons. The Hall–Kier alpha value is -2.29. The summed E-state index contributed by atoms with van der Waals surface area (Å²) < 4.78 is 7.35. The van der Waals surface area contributed by atoms with Crippen molar-refractivity contribution in [2.45, 2.75) is 56.1 Å². The summed E-state index contributed by atoms with van der Waals surface area (Å²) in [7, 11) is 0. The molecule has 4 rings (SSSR count). The lowest BCUT2D eigenvalue weighted by atomic mass is 9.96. The molecule has 1 saturated carbocycles. The van der Waals surface area contributed by atoms with Gasteiger partial charge in [-0.15, -0.1) is 5.10 Å². The SMILES string of the molecule is c1cc(-c2noc(CCCSc3nnnn3C3CCCCC3)n2)ccn1. The van der Waals surface area contributed by atoms with Gasteiger partial charge in [-0.1, -0.05) is 36.2 Å². The van der Waals surface area contributed by atoms with Gasteiger partial charge in [0, 0.05) is 30.1 Å². The van der Waals surface area contributed by atoms with Crippen LogP contribution in [0.4, 0.5) is 0 Å². The van der Waals surface area contributed by atoms with Crippen LogP contribution in [0.2, 0.25) is 0 Å². The maximum atomic E-state index is 5.34. The highest BCUT2D eigenvalue weighted by atomic mass is 32.2. The van der Waals surface area contributed by atoms with E-state index in [1.54, 1.807) is 24.2 Å². The normalized spacial score (nSPS) is 15.4. The highest BCUT2D eigenvalue weighted by Gasteiger charge is 2.20. The van der Waals surface area contributed by atoms with E-state index in [1.165, 1.54) is 32.1 Å². The summed E-state index contributed by atoms with van der Waals surface area (Å²) in [6.07, 6.45) is 11.3. The Kier molecular flexibility index (Phi) is 5.53. The Morgan fingerprint density at radius 3 is 2.85 bits per heavy atom. The van der Waals surface area contributed by atoms with E-state index in [-0.39, 0.29) is 0 Å². The summed E-state index contributed by atoms with van der Waals surface area (Å²) in [5.41, 5.74) is 0.913. The number of rotatable bonds is 7. The third kappa shape index (κ3) is 4.09. The number of thioether (sulfide) groups is 1. The van der Waals surface area contributed by atoms with Crippen LogP contribution in [-0.2, 0) is 6.42 Å². The number of hydrogen-bond donors (Lipinski definition) is 0. The molecule has 9 heteroatoms. The zero-order valence-corrected chi connectivity index (χ0v) is 15.3. The van der Waals surface area contributed by atoms with Gasteiger partial charge < -0.3 is 4.52 Å². The molecule has 1 aliphatic carbocycles. The number of pyridine rings is 1. The van der Waals surface area contributed by atoms with Gasteiger partial charge in [0.15, 0.2) is 0 Å². The van der Waals surface area contributed by atoms with Gasteiger partial charge in [0.1, 0.15) is 0 Å². The first-order chi connectivity index (χ1) is 12.9. The first kappa shape index (κ1) is 17.1. The lowest BCUT2D eigenvalue weighted by Crippen LogP contribution is -2.15. The second-order valence-corrected chi connectivity index (χ2v) is 7.46. The van der Waals surface area contributed by atoms with E-state index < -0.39 is 0 Å². The summed E-state index contributed by atoms with van der Waals surface area (Å²) in [4.78, 5) is 8.44. The van der Waals surface area contributed by atoms with Gasteiger partial charge in [0.25, 0.3) is 0 Å². The Morgan fingerprint density at radius 1 is 1.15 bits per heavy atom. The fraction of sp³-hybridized carbons (Fsp3) is 0.529. The fourth-order valence-corrected chi connectivity index (χ4v) is 4.08. The zero-order chi connectivity index (χ0) is 17.6. The third-order valence-corrected chi connectivity index (χ3v) is 5.58. The lowest BCUT2D eigenvalue weighted by Gasteiger charge is -2.21. The van der Waals surface area contributed by atoms with Crippen LogP contribution in [0.1, 0.15) is 50.5 Å². The Labute approximate surface area is 155 Å². The largest absolute Gasteiger partial charge is 0.339 e. The van der Waals surface area contributed by atoms with Crippen molar-refractivity contribution in [3.63, 3.8) is 0 Å². The van der Waals surface area contributed by atoms with Crippen molar-refractivity contribution < 1.29 is 4.52 Å². The zero-order valence-electron chi connectivity index (χ0n) is 14.5. The Morgan fingerprint density at radius 2 is 2.00 bits per heavy atom. The summed E-state index contributed by atoms with van der Waals surface area (Å²) in [6.45, 7) is 0. The van der Waals surface area contributed by atoms with Crippen LogP contribution in [0, 0.1) is 0 Å². The monoisotopic (exact) mass is 371 g/mol. The molecule has 0 saturated heterocycles. The Balaban J connectivity index is 1.27. The van der Waals surface area contributed by atoms with Gasteiger partial charge in [0.05, 0.1) is 6.04 Å². The van der Waals surface area contributed by atoms with E-state index in [0.29, 0.717) is 17.8 Å². The molecular formula is C17H21N7OS. The third-order valence-electron chi connectivity index (χ3n) is 4.56. The van der Waals surface area contributed by atoms with Crippen molar-refractivity contribution in [2.75, 3.05) is 5.75 Å². The van der Waals surface area contributed by atoms with Crippen molar-refractivity contribution >= 4 is 11.8 Å². The number of nitrogens with zero attached hydrogens (tertiary/aromatic N) is 7. The molecule has 0 spiro atoms. The summed E-state index contributed by atoms with van der Waals surface area (Å²) >= 11 is 1.70. The number of tetrazole rings is 1. The fourth-order valence-electron chi connectivity index (χ4n) is 3.20. The minimum Gasteiger partial charge on any atom is -0.339 e. The Bertz CT molecular complexity index is 813. The second kappa shape index (κ2) is 8.39. The van der Waals surface area contributed by atoms with E-state index in [2.05, 4.69) is 30.7 Å². The predicted molar refractivity (Wildman–Crippen MR) is 96.5 cm³/mol. The first-order valence-electron chi connectivity index (χ1n) is 9.04. The van der Waals surface area contributed by atoms with Crippen LogP contribution < -0.4 is 0 Å². The average Bonchev–Trinajstić information content (AvgIpc) is 3.36. The molecule has 0 bridgehead atoms. The summed E-state index contributed by atoms with van der Waals surface area (Å²) in [6, 6.07) is 4.20. The van der Waals surface area contributed by atoms with Crippen LogP contribution in [0.15, 0.2) is 34.2 Å². The molecule has 3 aromatic rings. The highest BCUT2D eigenvalue weighted by Crippen LogP contribution is 2.30. The van der Waals surface area contributed by atoms with Crippen molar-refractivity contribution in [3.8, 4) is 11.4 Å². The maximum Gasteiger partial charge on any atom is 0.226 e. The van der Waals surface area contributed by atoms with Crippen LogP contribution in [-0.4, -0.2) is 41.1 Å². The molecule has 8 nitrogen and oxygen atoms in total. The smallest absolute Gasteiger partial charge is 0.226 e. The molecule has 0 aromatic carbocycles. The molecule has 0 unspecified atom stereocenters. The van der Waals surface area contributed by atoms with Crippen molar-refractivity contribution in [1.82, 2.24) is 35.3 Å². The van der Waals surface area contributed by atoms with Crippen LogP contribution in [0.3, 0.4) is 0 Å². The van der Waals surface area contributed by atoms with Gasteiger partial charge in [-0.25, -0.2) is 4.68 Å².